The summed E-state index contributed by atoms with van der Waals surface area (Å²) in [5.41, 5.74) is 0.824. The molecular weight excluding hydrogens is 266 g/mol. The van der Waals surface area contributed by atoms with Gasteiger partial charge in [-0.25, -0.2) is 8.42 Å². The van der Waals surface area contributed by atoms with Crippen LogP contribution in [0.1, 0.15) is 5.56 Å². The van der Waals surface area contributed by atoms with Crippen molar-refractivity contribution in [3.05, 3.63) is 23.8 Å². The summed E-state index contributed by atoms with van der Waals surface area (Å²) in [6, 6.07) is 5.33. The van der Waals surface area contributed by atoms with E-state index in [2.05, 4.69) is 0 Å². The number of ether oxygens (including phenoxy) is 2. The highest BCUT2D eigenvalue weighted by molar-refractivity contribution is 7.90. The molecule has 0 spiro atoms. The fourth-order valence-electron chi connectivity index (χ4n) is 1.48. The second-order valence-electron chi connectivity index (χ2n) is 3.66. The van der Waals surface area contributed by atoms with Crippen LogP contribution in [0.2, 0.25) is 0 Å². The summed E-state index contributed by atoms with van der Waals surface area (Å²) in [7, 11) is -1.90. The van der Waals surface area contributed by atoms with Gasteiger partial charge in [-0.05, 0) is 17.7 Å². The zero-order valence-electron chi connectivity index (χ0n) is 9.22. The molecule has 0 saturated heterocycles. The second-order valence-corrected chi connectivity index (χ2v) is 6.32. The van der Waals surface area contributed by atoms with Crippen LogP contribution in [0.3, 0.4) is 0 Å². The van der Waals surface area contributed by atoms with Crippen LogP contribution in [0.15, 0.2) is 18.2 Å². The quantitative estimate of drug-likeness (QED) is 0.780. The molecule has 5 nitrogen and oxygen atoms in total. The molecule has 1 aromatic rings. The number of hydrogen-bond acceptors (Lipinski definition) is 4. The van der Waals surface area contributed by atoms with E-state index >= 15 is 0 Å². The number of halogens is 1. The molecule has 94 valence electrons. The first-order valence-corrected chi connectivity index (χ1v) is 7.06. The summed E-state index contributed by atoms with van der Waals surface area (Å²) in [4.78, 5) is 0. The maximum atomic E-state index is 11.5. The SMILES string of the molecule is CN(Cc1ccc2c(c1)OCO2)S(=O)(=O)CCl. The van der Waals surface area contributed by atoms with E-state index in [9.17, 15) is 8.42 Å². The van der Waals surface area contributed by atoms with Gasteiger partial charge in [0.1, 0.15) is 5.21 Å². The first-order chi connectivity index (χ1) is 8.03. The molecule has 0 unspecified atom stereocenters. The molecule has 0 saturated carbocycles. The number of nitrogens with zero attached hydrogens (tertiary/aromatic N) is 1. The number of fused-ring (bicyclic) bond motifs is 1. The molecule has 17 heavy (non-hydrogen) atoms. The van der Waals surface area contributed by atoms with Gasteiger partial charge in [0.2, 0.25) is 16.8 Å². The van der Waals surface area contributed by atoms with Gasteiger partial charge in [-0.1, -0.05) is 6.07 Å². The van der Waals surface area contributed by atoms with E-state index in [-0.39, 0.29) is 13.3 Å². The molecule has 0 amide bonds. The van der Waals surface area contributed by atoms with Crippen molar-refractivity contribution < 1.29 is 17.9 Å². The molecule has 1 heterocycles. The first-order valence-electron chi connectivity index (χ1n) is 4.91. The molecule has 1 aromatic carbocycles. The van der Waals surface area contributed by atoms with Crippen LogP contribution in [0, 0.1) is 0 Å². The Balaban J connectivity index is 2.15. The van der Waals surface area contributed by atoms with E-state index in [0.29, 0.717) is 11.5 Å². The Morgan fingerprint density at radius 3 is 2.76 bits per heavy atom. The minimum Gasteiger partial charge on any atom is -0.454 e. The van der Waals surface area contributed by atoms with Crippen molar-refractivity contribution in [3.8, 4) is 11.5 Å². The zero-order valence-corrected chi connectivity index (χ0v) is 10.8. The molecule has 0 fully saturated rings. The summed E-state index contributed by atoms with van der Waals surface area (Å²) >= 11 is 5.37. The van der Waals surface area contributed by atoms with E-state index in [4.69, 9.17) is 21.1 Å². The van der Waals surface area contributed by atoms with Crippen molar-refractivity contribution in [2.75, 3.05) is 19.1 Å². The predicted molar refractivity (Wildman–Crippen MR) is 63.7 cm³/mol. The molecule has 0 N–H and O–H groups in total. The van der Waals surface area contributed by atoms with Gasteiger partial charge in [-0.2, -0.15) is 4.31 Å². The van der Waals surface area contributed by atoms with E-state index in [1.165, 1.54) is 11.4 Å². The Labute approximate surface area is 105 Å². The minimum absolute atomic E-state index is 0.203. The zero-order chi connectivity index (χ0) is 12.5. The van der Waals surface area contributed by atoms with Crippen molar-refractivity contribution >= 4 is 21.6 Å². The molecule has 7 heteroatoms. The lowest BCUT2D eigenvalue weighted by Crippen LogP contribution is -2.27. The van der Waals surface area contributed by atoms with Gasteiger partial charge in [0.15, 0.2) is 11.5 Å². The van der Waals surface area contributed by atoms with Crippen LogP contribution >= 0.6 is 11.6 Å². The molecule has 0 radical (unpaired) electrons. The smallest absolute Gasteiger partial charge is 0.231 e. The standard InChI is InChI=1S/C10H12ClNO4S/c1-12(17(13,14)6-11)5-8-2-3-9-10(4-8)16-7-15-9/h2-4H,5-7H2,1H3. The molecule has 0 aromatic heterocycles. The van der Waals surface area contributed by atoms with Gasteiger partial charge in [-0.15, -0.1) is 11.6 Å². The number of alkyl halides is 1. The second kappa shape index (κ2) is 4.72. The van der Waals surface area contributed by atoms with Gasteiger partial charge in [0.25, 0.3) is 0 Å². The normalized spacial score (nSPS) is 14.3. The molecule has 0 bridgehead atoms. The molecular formula is C10H12ClNO4S. The topological polar surface area (TPSA) is 55.8 Å². The summed E-state index contributed by atoms with van der Waals surface area (Å²) in [5, 5.41) is -0.423. The van der Waals surface area contributed by atoms with E-state index in [0.717, 1.165) is 5.56 Å². The Kier molecular flexibility index (Phi) is 3.46. The average Bonchev–Trinajstić information content (AvgIpc) is 2.76. The molecule has 2 rings (SSSR count). The highest BCUT2D eigenvalue weighted by Gasteiger charge is 2.18. The molecule has 1 aliphatic rings. The fraction of sp³-hybridized carbons (Fsp3) is 0.400. The van der Waals surface area contributed by atoms with Gasteiger partial charge in [0.05, 0.1) is 0 Å². The maximum Gasteiger partial charge on any atom is 0.231 e. The Morgan fingerprint density at radius 2 is 2.06 bits per heavy atom. The van der Waals surface area contributed by atoms with Gasteiger partial charge in [0, 0.05) is 13.6 Å². The summed E-state index contributed by atoms with van der Waals surface area (Å²) in [6.45, 7) is 0.459. The van der Waals surface area contributed by atoms with Gasteiger partial charge in [-0.3, -0.25) is 0 Å². The number of hydrogen-bond donors (Lipinski definition) is 0. The van der Waals surface area contributed by atoms with E-state index < -0.39 is 15.2 Å². The van der Waals surface area contributed by atoms with Crippen molar-refractivity contribution in [1.29, 1.82) is 0 Å². The fourth-order valence-corrected chi connectivity index (χ4v) is 2.49. The third-order valence-electron chi connectivity index (χ3n) is 2.45. The van der Waals surface area contributed by atoms with Gasteiger partial charge < -0.3 is 9.47 Å². The highest BCUT2D eigenvalue weighted by atomic mass is 35.5. The van der Waals surface area contributed by atoms with Gasteiger partial charge >= 0.3 is 0 Å². The Morgan fingerprint density at radius 1 is 1.35 bits per heavy atom. The molecule has 0 aliphatic carbocycles. The highest BCUT2D eigenvalue weighted by Crippen LogP contribution is 2.32. The van der Waals surface area contributed by atoms with Crippen LogP contribution < -0.4 is 9.47 Å². The predicted octanol–water partition coefficient (Wildman–Crippen LogP) is 1.37. The lowest BCUT2D eigenvalue weighted by atomic mass is 10.2. The van der Waals surface area contributed by atoms with Crippen LogP contribution in [0.5, 0.6) is 11.5 Å². The lowest BCUT2D eigenvalue weighted by Gasteiger charge is -2.15. The first kappa shape index (κ1) is 12.5. The monoisotopic (exact) mass is 277 g/mol. The van der Waals surface area contributed by atoms with Crippen LogP contribution in [0.25, 0.3) is 0 Å². The van der Waals surface area contributed by atoms with Crippen LogP contribution in [0.4, 0.5) is 0 Å². The van der Waals surface area contributed by atoms with Crippen molar-refractivity contribution in [1.82, 2.24) is 4.31 Å². The molecule has 0 atom stereocenters. The minimum atomic E-state index is -3.38. The number of benzene rings is 1. The Hall–Kier alpha value is -0.980. The van der Waals surface area contributed by atoms with Crippen molar-refractivity contribution in [2.45, 2.75) is 6.54 Å². The summed E-state index contributed by atoms with van der Waals surface area (Å²) in [5.74, 6) is 1.32. The van der Waals surface area contributed by atoms with Crippen LogP contribution in [-0.2, 0) is 16.6 Å². The van der Waals surface area contributed by atoms with Crippen molar-refractivity contribution in [3.63, 3.8) is 0 Å². The number of sulfonamides is 1. The van der Waals surface area contributed by atoms with E-state index in [1.54, 1.807) is 18.2 Å². The average molecular weight is 278 g/mol. The maximum absolute atomic E-state index is 11.5. The largest absolute Gasteiger partial charge is 0.454 e. The number of rotatable bonds is 4. The summed E-state index contributed by atoms with van der Waals surface area (Å²) in [6.07, 6.45) is 0. The van der Waals surface area contributed by atoms with Crippen LogP contribution in [-0.4, -0.2) is 31.8 Å². The van der Waals surface area contributed by atoms with Crippen molar-refractivity contribution in [2.24, 2.45) is 0 Å². The van der Waals surface area contributed by atoms with E-state index in [1.807, 2.05) is 0 Å². The molecule has 1 aliphatic heterocycles. The third-order valence-corrected chi connectivity index (χ3v) is 4.64. The lowest BCUT2D eigenvalue weighted by molar-refractivity contribution is 0.174. The third kappa shape index (κ3) is 2.65. The summed E-state index contributed by atoms with van der Waals surface area (Å²) < 4.78 is 34.5. The Bertz CT molecular complexity index is 517.